The summed E-state index contributed by atoms with van der Waals surface area (Å²) >= 11 is 0. The number of carbonyl (C=O) groups excluding carboxylic acids is 5. The van der Waals surface area contributed by atoms with Gasteiger partial charge in [-0.15, -0.1) is 0 Å². The van der Waals surface area contributed by atoms with Gasteiger partial charge in [-0.2, -0.15) is 0 Å². The van der Waals surface area contributed by atoms with Crippen molar-refractivity contribution in [2.24, 2.45) is 40.4 Å². The maximum Gasteiger partial charge on any atom is 0.226 e. The molecule has 3 aliphatic carbocycles. The smallest absolute Gasteiger partial charge is 0.226 e. The van der Waals surface area contributed by atoms with Gasteiger partial charge in [-0.25, -0.2) is 8.42 Å². The van der Waals surface area contributed by atoms with Gasteiger partial charge in [-0.05, 0) is 80.0 Å². The van der Waals surface area contributed by atoms with Gasteiger partial charge in [0.15, 0.2) is 21.4 Å². The van der Waals surface area contributed by atoms with E-state index in [2.05, 4.69) is 13.8 Å². The molecule has 8 nitrogen and oxygen atoms in total. The highest BCUT2D eigenvalue weighted by Gasteiger charge is 2.69. The average Bonchev–Trinajstić information content (AvgIpc) is 3.82. The number of amides is 1. The number of hydrogen-bond donors (Lipinski definition) is 0. The van der Waals surface area contributed by atoms with E-state index < -0.39 is 44.2 Å². The average molecular weight is 686 g/mol. The van der Waals surface area contributed by atoms with Crippen LogP contribution in [0.2, 0.25) is 0 Å². The van der Waals surface area contributed by atoms with Crippen molar-refractivity contribution in [2.45, 2.75) is 160 Å². The van der Waals surface area contributed by atoms with E-state index in [0.29, 0.717) is 44.6 Å². The molecule has 0 bridgehead atoms. The minimum absolute atomic E-state index is 0.00493. The first-order chi connectivity index (χ1) is 22.8. The monoisotopic (exact) mass is 685 g/mol. The molecule has 3 aliphatic heterocycles. The van der Waals surface area contributed by atoms with Gasteiger partial charge < -0.3 is 4.90 Å². The highest BCUT2D eigenvalue weighted by atomic mass is 32.2. The van der Waals surface area contributed by atoms with Crippen LogP contribution in [0.15, 0.2) is 0 Å². The molecule has 268 valence electrons. The molecular weight excluding hydrogens is 626 g/mol. The summed E-state index contributed by atoms with van der Waals surface area (Å²) in [5.74, 6) is -1.38. The summed E-state index contributed by atoms with van der Waals surface area (Å²) in [7, 11) is -3.23. The van der Waals surface area contributed by atoms with Crippen molar-refractivity contribution in [2.75, 3.05) is 12.3 Å². The van der Waals surface area contributed by atoms with Gasteiger partial charge in [-0.3, -0.25) is 24.0 Å². The van der Waals surface area contributed by atoms with Crippen LogP contribution in [0, 0.1) is 40.4 Å². The van der Waals surface area contributed by atoms with Crippen LogP contribution in [0.3, 0.4) is 0 Å². The highest BCUT2D eigenvalue weighted by molar-refractivity contribution is 7.92. The summed E-state index contributed by atoms with van der Waals surface area (Å²) in [5.41, 5.74) is -0.601. The number of ketones is 4. The van der Waals surface area contributed by atoms with Gasteiger partial charge >= 0.3 is 0 Å². The van der Waals surface area contributed by atoms with E-state index in [1.165, 1.54) is 0 Å². The quantitative estimate of drug-likeness (QED) is 0.250. The van der Waals surface area contributed by atoms with Crippen LogP contribution in [0.5, 0.6) is 0 Å². The molecular formula is C39H59NO7S. The number of carbonyl (C=O) groups is 5. The Kier molecular flexibility index (Phi) is 10.8. The number of sulfone groups is 1. The van der Waals surface area contributed by atoms with Crippen molar-refractivity contribution >= 4 is 38.9 Å². The molecule has 9 heteroatoms. The summed E-state index contributed by atoms with van der Waals surface area (Å²) in [6, 6.07) is -0.623. The summed E-state index contributed by atoms with van der Waals surface area (Å²) in [4.78, 5) is 70.8. The van der Waals surface area contributed by atoms with E-state index in [4.69, 9.17) is 0 Å². The zero-order valence-corrected chi connectivity index (χ0v) is 30.3. The second-order valence-electron chi connectivity index (χ2n) is 17.4. The van der Waals surface area contributed by atoms with Crippen molar-refractivity contribution in [3.8, 4) is 0 Å². The van der Waals surface area contributed by atoms with Crippen molar-refractivity contribution in [3.63, 3.8) is 0 Å². The van der Waals surface area contributed by atoms with E-state index in [0.717, 1.165) is 83.5 Å². The van der Waals surface area contributed by atoms with Crippen LogP contribution >= 0.6 is 0 Å². The fourth-order valence-corrected chi connectivity index (χ4v) is 13.1. The molecule has 1 amide bonds. The SMILES string of the molecule is CC1(C)[C@@H]2[C@H]3C(=O)C[C@H](C(=O)C(=O)CC4CC4)CCCCCCCC[C@H](CC(=O)CC4([C@@H]5CCCS5(=O)=O)CCCCC4)C(=O)N3C[C@@H]21. The molecule has 0 aromatic heterocycles. The minimum Gasteiger partial charge on any atom is -0.332 e. The lowest BCUT2D eigenvalue weighted by Gasteiger charge is -2.41. The van der Waals surface area contributed by atoms with Gasteiger partial charge in [0.1, 0.15) is 5.78 Å². The van der Waals surface area contributed by atoms with Crippen molar-refractivity contribution in [1.29, 1.82) is 0 Å². The Hall–Kier alpha value is -1.90. The van der Waals surface area contributed by atoms with Crippen LogP contribution in [0.1, 0.15) is 149 Å². The lowest BCUT2D eigenvalue weighted by atomic mass is 9.67. The van der Waals surface area contributed by atoms with E-state index in [1.54, 1.807) is 4.90 Å². The number of hydrogen-bond acceptors (Lipinski definition) is 7. The Morgan fingerprint density at radius 3 is 2.08 bits per heavy atom. The Labute approximate surface area is 288 Å². The molecule has 48 heavy (non-hydrogen) atoms. The topological polar surface area (TPSA) is 123 Å². The second-order valence-corrected chi connectivity index (χ2v) is 19.7. The molecule has 0 N–H and O–H groups in total. The predicted octanol–water partition coefficient (Wildman–Crippen LogP) is 6.61. The molecule has 0 radical (unpaired) electrons. The van der Waals surface area contributed by atoms with Gasteiger partial charge in [0.2, 0.25) is 11.7 Å². The molecule has 0 spiro atoms. The molecule has 3 saturated heterocycles. The third-order valence-corrected chi connectivity index (χ3v) is 16.1. The molecule has 6 fully saturated rings. The first kappa shape index (κ1) is 35.9. The van der Waals surface area contributed by atoms with E-state index in [1.807, 2.05) is 0 Å². The fraction of sp³-hybridized carbons (Fsp3) is 0.872. The molecule has 3 heterocycles. The first-order valence-electron chi connectivity index (χ1n) is 19.5. The third-order valence-electron chi connectivity index (χ3n) is 13.7. The van der Waals surface area contributed by atoms with E-state index >= 15 is 0 Å². The molecule has 3 saturated carbocycles. The molecule has 6 aliphatic rings. The summed E-state index contributed by atoms with van der Waals surface area (Å²) in [6.45, 7) is 4.79. The molecule has 6 rings (SSSR count). The highest BCUT2D eigenvalue weighted by Crippen LogP contribution is 2.65. The zero-order chi connectivity index (χ0) is 34.3. The maximum atomic E-state index is 14.5. The normalized spacial score (nSPS) is 35.2. The maximum absolute atomic E-state index is 14.5. The summed E-state index contributed by atoms with van der Waals surface area (Å²) in [6.07, 6.45) is 15.0. The number of rotatable bonds is 9. The van der Waals surface area contributed by atoms with Gasteiger partial charge in [-0.1, -0.05) is 71.6 Å². The Morgan fingerprint density at radius 2 is 1.44 bits per heavy atom. The molecule has 0 unspecified atom stereocenters. The first-order valence-corrected chi connectivity index (χ1v) is 21.2. The molecule has 0 aromatic rings. The molecule has 6 atom stereocenters. The number of nitrogens with zero attached hydrogens (tertiary/aromatic N) is 1. The van der Waals surface area contributed by atoms with Crippen LogP contribution in [-0.4, -0.2) is 65.9 Å². The van der Waals surface area contributed by atoms with Gasteiger partial charge in [0.05, 0.1) is 17.0 Å². The Bertz CT molecular complexity index is 1370. The summed E-state index contributed by atoms with van der Waals surface area (Å²) < 4.78 is 26.3. The number of piperidine rings is 1. The third kappa shape index (κ3) is 7.56. The van der Waals surface area contributed by atoms with E-state index in [-0.39, 0.29) is 65.5 Å². The Balaban J connectivity index is 1.21. The van der Waals surface area contributed by atoms with Crippen LogP contribution < -0.4 is 0 Å². The van der Waals surface area contributed by atoms with Crippen LogP contribution in [0.4, 0.5) is 0 Å². The van der Waals surface area contributed by atoms with Crippen LogP contribution in [0.25, 0.3) is 0 Å². The van der Waals surface area contributed by atoms with Crippen molar-refractivity contribution in [1.82, 2.24) is 4.90 Å². The summed E-state index contributed by atoms with van der Waals surface area (Å²) in [5, 5.41) is -0.459. The Morgan fingerprint density at radius 1 is 0.792 bits per heavy atom. The van der Waals surface area contributed by atoms with Gasteiger partial charge in [0, 0.05) is 44.1 Å². The van der Waals surface area contributed by atoms with Crippen LogP contribution in [-0.2, 0) is 33.8 Å². The standard InChI is InChI=1S/C39H59NO7S/c1-38(2)30-25-40-35(34(30)38)31(42)23-27(36(44)32(43)21-26-16-17-26)13-8-5-3-4-6-9-14-28(37(40)45)22-29(41)24-39(18-10-7-11-19-39)33-15-12-20-48(33,46)47/h26-28,30,33-35H,3-25H2,1-2H3/t27-,28-,30+,33+,34+,35-/m1/s1. The lowest BCUT2D eigenvalue weighted by molar-refractivity contribution is -0.146. The second kappa shape index (κ2) is 14.4. The zero-order valence-electron chi connectivity index (χ0n) is 29.5. The van der Waals surface area contributed by atoms with Crippen molar-refractivity contribution in [3.05, 3.63) is 0 Å². The lowest BCUT2D eigenvalue weighted by Crippen LogP contribution is -2.49. The number of fused-ring (bicyclic) bond motifs is 3. The fourth-order valence-electron chi connectivity index (χ4n) is 10.6. The minimum atomic E-state index is -3.23. The van der Waals surface area contributed by atoms with Gasteiger partial charge in [0.25, 0.3) is 0 Å². The largest absolute Gasteiger partial charge is 0.332 e. The predicted molar refractivity (Wildman–Crippen MR) is 184 cm³/mol. The molecule has 0 aromatic carbocycles. The van der Waals surface area contributed by atoms with Crippen molar-refractivity contribution < 1.29 is 32.4 Å². The van der Waals surface area contributed by atoms with E-state index in [9.17, 15) is 32.4 Å². The number of Topliss-reactive ketones (excluding diaryl/α,β-unsaturated/α-hetero) is 4.